The summed E-state index contributed by atoms with van der Waals surface area (Å²) in [5, 5.41) is 13.9. The summed E-state index contributed by atoms with van der Waals surface area (Å²) in [5.41, 5.74) is 2.46. The third-order valence-corrected chi connectivity index (χ3v) is 5.76. The second-order valence-electron chi connectivity index (χ2n) is 8.00. The highest BCUT2D eigenvalue weighted by Crippen LogP contribution is 2.29. The number of aromatic nitrogens is 5. The van der Waals surface area contributed by atoms with Gasteiger partial charge in [0.15, 0.2) is 11.5 Å². The lowest BCUT2D eigenvalue weighted by atomic mass is 10.1. The Morgan fingerprint density at radius 2 is 1.94 bits per heavy atom. The molecule has 5 rings (SSSR count). The molecular formula is C22H24F2N6O. The predicted octanol–water partition coefficient (Wildman–Crippen LogP) is 3.70. The average molecular weight is 426 g/mol. The fourth-order valence-corrected chi connectivity index (χ4v) is 4.19. The minimum Gasteiger partial charge on any atom is -0.490 e. The number of hydrogen-bond donors (Lipinski definition) is 0. The lowest BCUT2D eigenvalue weighted by Gasteiger charge is -2.31. The van der Waals surface area contributed by atoms with E-state index in [2.05, 4.69) is 20.2 Å². The molecule has 0 N–H and O–H groups in total. The zero-order valence-electron chi connectivity index (χ0n) is 17.3. The number of rotatable bonds is 6. The van der Waals surface area contributed by atoms with E-state index in [0.717, 1.165) is 59.7 Å². The summed E-state index contributed by atoms with van der Waals surface area (Å²) < 4.78 is 35.3. The number of likely N-dealkylation sites (tertiary alicyclic amines) is 1. The second kappa shape index (κ2) is 8.22. The van der Waals surface area contributed by atoms with Crippen molar-refractivity contribution in [2.75, 3.05) is 13.1 Å². The molecule has 0 bridgehead atoms. The average Bonchev–Trinajstić information content (AvgIpc) is 3.34. The SMILES string of the molecule is Cc1ccc2nnc(CN3CCC(Oc4cccc5c4ccn5CC(F)F)CC3)n2n1. The van der Waals surface area contributed by atoms with E-state index in [1.807, 2.05) is 47.8 Å². The van der Waals surface area contributed by atoms with Gasteiger partial charge >= 0.3 is 0 Å². The second-order valence-corrected chi connectivity index (χ2v) is 8.00. The number of alkyl halides is 2. The first-order chi connectivity index (χ1) is 15.1. The molecular weight excluding hydrogens is 402 g/mol. The minimum atomic E-state index is -2.38. The van der Waals surface area contributed by atoms with Crippen molar-refractivity contribution in [2.45, 2.75) is 45.4 Å². The van der Waals surface area contributed by atoms with Crippen LogP contribution in [0.1, 0.15) is 24.4 Å². The van der Waals surface area contributed by atoms with E-state index in [1.165, 1.54) is 0 Å². The predicted molar refractivity (Wildman–Crippen MR) is 112 cm³/mol. The van der Waals surface area contributed by atoms with Crippen LogP contribution in [0.2, 0.25) is 0 Å². The summed E-state index contributed by atoms with van der Waals surface area (Å²) in [6.07, 6.45) is 1.18. The van der Waals surface area contributed by atoms with Gasteiger partial charge < -0.3 is 9.30 Å². The fourth-order valence-electron chi connectivity index (χ4n) is 4.19. The maximum absolute atomic E-state index is 12.8. The van der Waals surface area contributed by atoms with Crippen molar-refractivity contribution < 1.29 is 13.5 Å². The normalized spacial score (nSPS) is 16.0. The highest BCUT2D eigenvalue weighted by molar-refractivity contribution is 5.86. The van der Waals surface area contributed by atoms with E-state index < -0.39 is 6.43 Å². The first-order valence-electron chi connectivity index (χ1n) is 10.5. The molecule has 4 heterocycles. The number of fused-ring (bicyclic) bond motifs is 2. The van der Waals surface area contributed by atoms with Gasteiger partial charge in [-0.25, -0.2) is 8.78 Å². The summed E-state index contributed by atoms with van der Waals surface area (Å²) in [6, 6.07) is 11.3. The van der Waals surface area contributed by atoms with Crippen molar-refractivity contribution >= 4 is 16.6 Å². The Bertz CT molecular complexity index is 1200. The molecule has 4 aromatic rings. The van der Waals surface area contributed by atoms with Gasteiger partial charge in [-0.1, -0.05) is 6.07 Å². The smallest absolute Gasteiger partial charge is 0.256 e. The van der Waals surface area contributed by atoms with Crippen LogP contribution in [0.4, 0.5) is 8.78 Å². The van der Waals surface area contributed by atoms with Crippen molar-refractivity contribution in [3.8, 4) is 5.75 Å². The molecule has 1 aliphatic rings. The third-order valence-electron chi connectivity index (χ3n) is 5.76. The molecule has 1 aliphatic heterocycles. The number of hydrogen-bond acceptors (Lipinski definition) is 5. The Labute approximate surface area is 178 Å². The van der Waals surface area contributed by atoms with Crippen LogP contribution in [-0.4, -0.2) is 54.9 Å². The van der Waals surface area contributed by atoms with Crippen molar-refractivity contribution in [3.05, 3.63) is 54.1 Å². The van der Waals surface area contributed by atoms with Crippen molar-refractivity contribution in [1.82, 2.24) is 29.3 Å². The molecule has 0 amide bonds. The van der Waals surface area contributed by atoms with Crippen molar-refractivity contribution in [1.29, 1.82) is 0 Å². The molecule has 31 heavy (non-hydrogen) atoms. The molecule has 9 heteroatoms. The van der Waals surface area contributed by atoms with Gasteiger partial charge in [-0.3, -0.25) is 4.90 Å². The summed E-state index contributed by atoms with van der Waals surface area (Å²) in [6.45, 7) is 4.10. The van der Waals surface area contributed by atoms with Gasteiger partial charge in [0.25, 0.3) is 6.43 Å². The molecule has 1 saturated heterocycles. The Morgan fingerprint density at radius 1 is 1.10 bits per heavy atom. The Hall–Kier alpha value is -3.07. The highest BCUT2D eigenvalue weighted by Gasteiger charge is 2.23. The zero-order valence-corrected chi connectivity index (χ0v) is 17.3. The van der Waals surface area contributed by atoms with E-state index in [9.17, 15) is 8.78 Å². The maximum atomic E-state index is 12.8. The Morgan fingerprint density at radius 3 is 2.74 bits per heavy atom. The van der Waals surface area contributed by atoms with E-state index >= 15 is 0 Å². The Balaban J connectivity index is 1.23. The molecule has 7 nitrogen and oxygen atoms in total. The number of nitrogens with zero attached hydrogens (tertiary/aromatic N) is 6. The summed E-state index contributed by atoms with van der Waals surface area (Å²) >= 11 is 0. The van der Waals surface area contributed by atoms with Crippen LogP contribution in [0.3, 0.4) is 0 Å². The number of aryl methyl sites for hydroxylation is 1. The largest absolute Gasteiger partial charge is 0.490 e. The van der Waals surface area contributed by atoms with Gasteiger partial charge in [-0.2, -0.15) is 9.61 Å². The summed E-state index contributed by atoms with van der Waals surface area (Å²) in [7, 11) is 0. The standard InChI is InChI=1S/C22H24F2N6O/c1-15-5-6-21-25-26-22(30(21)27-15)14-28-10-7-16(8-11-28)31-19-4-2-3-18-17(19)9-12-29(18)13-20(23)24/h2-6,9,12,16,20H,7-8,10-11,13-14H2,1H3. The highest BCUT2D eigenvalue weighted by atomic mass is 19.3. The van der Waals surface area contributed by atoms with Gasteiger partial charge in [0.1, 0.15) is 11.9 Å². The van der Waals surface area contributed by atoms with Gasteiger partial charge in [0, 0.05) is 24.7 Å². The van der Waals surface area contributed by atoms with Crippen LogP contribution in [0.5, 0.6) is 5.75 Å². The number of halogens is 2. The minimum absolute atomic E-state index is 0.0933. The van der Waals surface area contributed by atoms with E-state index in [0.29, 0.717) is 6.54 Å². The quantitative estimate of drug-likeness (QED) is 0.471. The van der Waals surface area contributed by atoms with Crippen LogP contribution >= 0.6 is 0 Å². The lowest BCUT2D eigenvalue weighted by molar-refractivity contribution is 0.0961. The van der Waals surface area contributed by atoms with Gasteiger partial charge in [0.2, 0.25) is 0 Å². The van der Waals surface area contributed by atoms with Gasteiger partial charge in [-0.05, 0) is 50.1 Å². The zero-order chi connectivity index (χ0) is 21.4. The fraction of sp³-hybridized carbons (Fsp3) is 0.409. The number of piperidine rings is 1. The molecule has 0 radical (unpaired) electrons. The van der Waals surface area contributed by atoms with Crippen LogP contribution in [0.15, 0.2) is 42.6 Å². The summed E-state index contributed by atoms with van der Waals surface area (Å²) in [5.74, 6) is 1.59. The molecule has 0 unspecified atom stereocenters. The molecule has 0 atom stereocenters. The molecule has 0 aliphatic carbocycles. The first kappa shape index (κ1) is 19.9. The molecule has 0 spiro atoms. The number of benzene rings is 1. The molecule has 162 valence electrons. The van der Waals surface area contributed by atoms with Gasteiger partial charge in [-0.15, -0.1) is 10.2 Å². The Kier molecular flexibility index (Phi) is 5.27. The molecule has 1 aromatic carbocycles. The topological polar surface area (TPSA) is 60.5 Å². The van der Waals surface area contributed by atoms with E-state index in [-0.39, 0.29) is 12.6 Å². The lowest BCUT2D eigenvalue weighted by Crippen LogP contribution is -2.38. The summed E-state index contributed by atoms with van der Waals surface area (Å²) in [4.78, 5) is 2.33. The van der Waals surface area contributed by atoms with Crippen LogP contribution < -0.4 is 4.74 Å². The van der Waals surface area contributed by atoms with Crippen LogP contribution in [0.25, 0.3) is 16.6 Å². The van der Waals surface area contributed by atoms with E-state index in [1.54, 1.807) is 10.8 Å². The monoisotopic (exact) mass is 426 g/mol. The van der Waals surface area contributed by atoms with Crippen LogP contribution in [0, 0.1) is 6.92 Å². The first-order valence-corrected chi connectivity index (χ1v) is 10.5. The van der Waals surface area contributed by atoms with Gasteiger partial charge in [0.05, 0.1) is 24.3 Å². The maximum Gasteiger partial charge on any atom is 0.256 e. The van der Waals surface area contributed by atoms with E-state index in [4.69, 9.17) is 4.74 Å². The van der Waals surface area contributed by atoms with Crippen LogP contribution in [-0.2, 0) is 13.1 Å². The molecule has 3 aromatic heterocycles. The van der Waals surface area contributed by atoms with Crippen molar-refractivity contribution in [3.63, 3.8) is 0 Å². The molecule has 1 fully saturated rings. The third kappa shape index (κ3) is 4.10. The van der Waals surface area contributed by atoms with Crippen molar-refractivity contribution in [2.24, 2.45) is 0 Å². The molecule has 0 saturated carbocycles. The number of ether oxygens (including phenoxy) is 1.